The van der Waals surface area contributed by atoms with Gasteiger partial charge in [0, 0.05) is 10.0 Å². The fraction of sp³-hybridized carbons (Fsp3) is 0.529. The second kappa shape index (κ2) is 6.24. The Morgan fingerprint density at radius 2 is 1.87 bits per heavy atom. The van der Waals surface area contributed by atoms with Gasteiger partial charge in [-0.25, -0.2) is 4.79 Å². The van der Waals surface area contributed by atoms with E-state index in [1.807, 2.05) is 0 Å². The van der Waals surface area contributed by atoms with Crippen molar-refractivity contribution in [2.45, 2.75) is 44.4 Å². The van der Waals surface area contributed by atoms with E-state index in [4.69, 9.17) is 4.74 Å². The summed E-state index contributed by atoms with van der Waals surface area (Å²) in [5, 5.41) is 9.51. The van der Waals surface area contributed by atoms with Crippen LogP contribution in [0.3, 0.4) is 0 Å². The van der Waals surface area contributed by atoms with E-state index in [0.29, 0.717) is 24.3 Å². The number of carboxylic acid groups (broad SMARTS) is 1. The van der Waals surface area contributed by atoms with E-state index in [-0.39, 0.29) is 12.5 Å². The molecule has 1 aliphatic carbocycles. The van der Waals surface area contributed by atoms with Crippen LogP contribution in [0.5, 0.6) is 0 Å². The van der Waals surface area contributed by atoms with Crippen LogP contribution in [-0.2, 0) is 9.53 Å². The predicted octanol–water partition coefficient (Wildman–Crippen LogP) is 3.28. The Labute approximate surface area is 143 Å². The molecule has 0 bridgehead atoms. The number of nitrogens with zero attached hydrogens (tertiary/aromatic N) is 1. The fourth-order valence-corrected chi connectivity index (χ4v) is 3.76. The van der Waals surface area contributed by atoms with E-state index in [0.717, 1.165) is 17.3 Å². The Balaban J connectivity index is 1.94. The Hall–Kier alpha value is -1.40. The lowest BCUT2D eigenvalue weighted by Crippen LogP contribution is -2.55. The summed E-state index contributed by atoms with van der Waals surface area (Å²) in [5.41, 5.74) is -0.275. The minimum Gasteiger partial charge on any atom is -0.480 e. The number of ether oxygens (including phenoxy) is 1. The molecule has 1 spiro atoms. The number of benzene rings is 1. The Bertz CT molecular complexity index is 608. The van der Waals surface area contributed by atoms with E-state index >= 15 is 0 Å². The van der Waals surface area contributed by atoms with Crippen LogP contribution >= 0.6 is 15.9 Å². The molecule has 5 nitrogen and oxygen atoms in total. The highest BCUT2D eigenvalue weighted by Gasteiger charge is 2.53. The smallest absolute Gasteiger partial charge is 0.328 e. The maximum absolute atomic E-state index is 13.0. The highest BCUT2D eigenvalue weighted by molar-refractivity contribution is 9.10. The van der Waals surface area contributed by atoms with E-state index in [9.17, 15) is 14.7 Å². The van der Waals surface area contributed by atoms with Gasteiger partial charge in [-0.15, -0.1) is 0 Å². The molecule has 2 fully saturated rings. The first-order valence-corrected chi connectivity index (χ1v) is 8.68. The second-order valence-corrected chi connectivity index (χ2v) is 7.39. The van der Waals surface area contributed by atoms with Gasteiger partial charge in [0.1, 0.15) is 5.72 Å². The van der Waals surface area contributed by atoms with Gasteiger partial charge < -0.3 is 9.84 Å². The average Bonchev–Trinajstić information content (AvgIpc) is 2.90. The topological polar surface area (TPSA) is 66.8 Å². The van der Waals surface area contributed by atoms with Crippen molar-refractivity contribution in [1.29, 1.82) is 0 Å². The molecule has 124 valence electrons. The number of carbonyl (C=O) groups excluding carboxylic acids is 1. The maximum atomic E-state index is 13.0. The molecule has 3 rings (SSSR count). The minimum atomic E-state index is -1.01. The number of rotatable bonds is 2. The molecule has 1 aromatic carbocycles. The Kier molecular flexibility index (Phi) is 4.47. The molecular formula is C17H20BrNO4. The van der Waals surface area contributed by atoms with Crippen molar-refractivity contribution in [2.75, 3.05) is 6.61 Å². The van der Waals surface area contributed by atoms with Crippen LogP contribution in [0, 0.1) is 5.92 Å². The molecule has 0 radical (unpaired) electrons. The summed E-state index contributed by atoms with van der Waals surface area (Å²) in [6, 6.07) is 6.08. The lowest BCUT2D eigenvalue weighted by atomic mass is 9.83. The maximum Gasteiger partial charge on any atom is 0.328 e. The van der Waals surface area contributed by atoms with Crippen LogP contribution in [0.4, 0.5) is 0 Å². The summed E-state index contributed by atoms with van der Waals surface area (Å²) in [6.07, 6.45) is 3.27. The SMILES string of the molecule is CC1CCC2(CC1)OCC(C(=O)O)N2C(=O)c1ccc(Br)cc1. The zero-order valence-corrected chi connectivity index (χ0v) is 14.6. The molecule has 0 aromatic heterocycles. The van der Waals surface area contributed by atoms with Gasteiger partial charge in [0.25, 0.3) is 5.91 Å². The highest BCUT2D eigenvalue weighted by Crippen LogP contribution is 2.43. The van der Waals surface area contributed by atoms with Crippen molar-refractivity contribution in [3.63, 3.8) is 0 Å². The van der Waals surface area contributed by atoms with Gasteiger partial charge in [0.15, 0.2) is 6.04 Å². The van der Waals surface area contributed by atoms with Gasteiger partial charge in [-0.1, -0.05) is 22.9 Å². The monoisotopic (exact) mass is 381 g/mol. The highest BCUT2D eigenvalue weighted by atomic mass is 79.9. The number of carboxylic acids is 1. The first-order valence-electron chi connectivity index (χ1n) is 7.89. The van der Waals surface area contributed by atoms with Crippen molar-refractivity contribution in [3.8, 4) is 0 Å². The van der Waals surface area contributed by atoms with E-state index in [1.165, 1.54) is 4.90 Å². The van der Waals surface area contributed by atoms with Crippen molar-refractivity contribution in [2.24, 2.45) is 5.92 Å². The molecule has 2 aliphatic rings. The molecule has 1 amide bonds. The Morgan fingerprint density at radius 1 is 1.26 bits per heavy atom. The lowest BCUT2D eigenvalue weighted by molar-refractivity contribution is -0.143. The standard InChI is InChI=1S/C17H20BrNO4/c1-11-6-8-17(9-7-11)19(14(10-23-17)16(21)22)15(20)12-2-4-13(18)5-3-12/h2-5,11,14H,6-10H2,1H3,(H,21,22). The number of carbonyl (C=O) groups is 2. The molecule has 1 saturated carbocycles. The molecule has 6 heteroatoms. The van der Waals surface area contributed by atoms with E-state index in [2.05, 4.69) is 22.9 Å². The van der Waals surface area contributed by atoms with Crippen molar-refractivity contribution in [3.05, 3.63) is 34.3 Å². The zero-order chi connectivity index (χ0) is 16.6. The van der Waals surface area contributed by atoms with Crippen LogP contribution in [0.1, 0.15) is 43.0 Å². The zero-order valence-electron chi connectivity index (χ0n) is 13.0. The largest absolute Gasteiger partial charge is 0.480 e. The third-order valence-electron chi connectivity index (χ3n) is 4.91. The number of amides is 1. The molecule has 23 heavy (non-hydrogen) atoms. The van der Waals surface area contributed by atoms with Crippen LogP contribution in [-0.4, -0.2) is 40.3 Å². The van der Waals surface area contributed by atoms with Crippen LogP contribution < -0.4 is 0 Å². The Morgan fingerprint density at radius 3 is 2.43 bits per heavy atom. The summed E-state index contributed by atoms with van der Waals surface area (Å²) >= 11 is 3.35. The second-order valence-electron chi connectivity index (χ2n) is 6.48. The van der Waals surface area contributed by atoms with Gasteiger partial charge in [-0.05, 0) is 55.9 Å². The predicted molar refractivity (Wildman–Crippen MR) is 88.1 cm³/mol. The van der Waals surface area contributed by atoms with Crippen molar-refractivity contribution < 1.29 is 19.4 Å². The van der Waals surface area contributed by atoms with Crippen molar-refractivity contribution >= 4 is 27.8 Å². The van der Waals surface area contributed by atoms with E-state index in [1.54, 1.807) is 24.3 Å². The quantitative estimate of drug-likeness (QED) is 0.853. The van der Waals surface area contributed by atoms with Gasteiger partial charge in [-0.3, -0.25) is 9.69 Å². The van der Waals surface area contributed by atoms with Gasteiger partial charge in [0.2, 0.25) is 0 Å². The molecule has 1 aliphatic heterocycles. The van der Waals surface area contributed by atoms with Crippen LogP contribution in [0.15, 0.2) is 28.7 Å². The lowest BCUT2D eigenvalue weighted by Gasteiger charge is -2.42. The van der Waals surface area contributed by atoms with Crippen molar-refractivity contribution in [1.82, 2.24) is 4.90 Å². The molecular weight excluding hydrogens is 362 g/mol. The summed E-state index contributed by atoms with van der Waals surface area (Å²) < 4.78 is 6.78. The first kappa shape index (κ1) is 16.5. The summed E-state index contributed by atoms with van der Waals surface area (Å²) in [6.45, 7) is 2.24. The number of hydrogen-bond donors (Lipinski definition) is 1. The number of halogens is 1. The number of hydrogen-bond acceptors (Lipinski definition) is 3. The molecule has 1 saturated heterocycles. The number of aliphatic carboxylic acids is 1. The van der Waals surface area contributed by atoms with Gasteiger partial charge >= 0.3 is 5.97 Å². The van der Waals surface area contributed by atoms with Crippen LogP contribution in [0.2, 0.25) is 0 Å². The third kappa shape index (κ3) is 3.02. The summed E-state index contributed by atoms with van der Waals surface area (Å²) in [7, 11) is 0. The van der Waals surface area contributed by atoms with E-state index < -0.39 is 17.7 Å². The molecule has 1 atom stereocenters. The normalized spacial score (nSPS) is 30.6. The first-order chi connectivity index (χ1) is 10.9. The van der Waals surface area contributed by atoms with Crippen LogP contribution in [0.25, 0.3) is 0 Å². The molecule has 1 N–H and O–H groups in total. The summed E-state index contributed by atoms with van der Waals surface area (Å²) in [5.74, 6) is -0.694. The fourth-order valence-electron chi connectivity index (χ4n) is 3.50. The molecule has 1 aromatic rings. The molecule has 1 unspecified atom stereocenters. The average molecular weight is 382 g/mol. The third-order valence-corrected chi connectivity index (χ3v) is 5.44. The van der Waals surface area contributed by atoms with Gasteiger partial charge in [-0.2, -0.15) is 0 Å². The summed E-state index contributed by atoms with van der Waals surface area (Å²) in [4.78, 5) is 26.1. The molecule has 1 heterocycles. The van der Waals surface area contributed by atoms with Gasteiger partial charge in [0.05, 0.1) is 6.61 Å². The minimum absolute atomic E-state index is 0.0615.